The largest absolute Gasteiger partial charge is 0.496 e. The molecule has 0 aliphatic heterocycles. The lowest BCUT2D eigenvalue weighted by Crippen LogP contribution is -2.33. The summed E-state index contributed by atoms with van der Waals surface area (Å²) in [5.74, 6) is -0.514. The van der Waals surface area contributed by atoms with Crippen molar-refractivity contribution in [3.8, 4) is 5.75 Å². The third kappa shape index (κ3) is 4.46. The van der Waals surface area contributed by atoms with Gasteiger partial charge in [-0.2, -0.15) is 0 Å². The van der Waals surface area contributed by atoms with Crippen LogP contribution in [0.1, 0.15) is 27.0 Å². The molecule has 0 atom stereocenters. The summed E-state index contributed by atoms with van der Waals surface area (Å²) in [7, 11) is 1.43. The number of methoxy groups -OCH3 is 1. The maximum Gasteiger partial charge on any atom is 0.255 e. The number of benzene rings is 2. The zero-order chi connectivity index (χ0) is 19.4. The van der Waals surface area contributed by atoms with E-state index in [2.05, 4.69) is 10.6 Å². The fourth-order valence-electron chi connectivity index (χ4n) is 2.73. The summed E-state index contributed by atoms with van der Waals surface area (Å²) in [6, 6.07) is 6.86. The van der Waals surface area contributed by atoms with Gasteiger partial charge in [0.15, 0.2) is 0 Å². The predicted octanol–water partition coefficient (Wildman–Crippen LogP) is 3.22. The minimum atomic E-state index is -0.476. The number of aryl methyl sites for hydroxylation is 3. The van der Waals surface area contributed by atoms with E-state index in [1.807, 2.05) is 32.9 Å². The second-order valence-electron chi connectivity index (χ2n) is 6.08. The number of carbonyl (C=O) groups is 2. The Hall–Kier alpha value is -2.73. The van der Waals surface area contributed by atoms with Gasteiger partial charge in [0.2, 0.25) is 5.91 Å². The number of hydrogen-bond acceptors (Lipinski definition) is 4. The number of anilines is 2. The van der Waals surface area contributed by atoms with Crippen LogP contribution in [-0.2, 0) is 4.79 Å². The lowest BCUT2D eigenvalue weighted by atomic mass is 10.1. The Morgan fingerprint density at radius 2 is 1.73 bits per heavy atom. The number of nitrogens with one attached hydrogen (secondary N) is 2. The topological polar surface area (TPSA) is 93.4 Å². The lowest BCUT2D eigenvalue weighted by molar-refractivity contribution is -0.115. The second-order valence-corrected chi connectivity index (χ2v) is 6.49. The van der Waals surface area contributed by atoms with Gasteiger partial charge in [-0.25, -0.2) is 0 Å². The molecule has 6 nitrogen and oxygen atoms in total. The van der Waals surface area contributed by atoms with Crippen molar-refractivity contribution in [1.82, 2.24) is 5.32 Å². The zero-order valence-corrected chi connectivity index (χ0v) is 16.0. The van der Waals surface area contributed by atoms with Crippen LogP contribution < -0.4 is 21.1 Å². The lowest BCUT2D eigenvalue weighted by Gasteiger charge is -2.14. The molecule has 0 aromatic heterocycles. The van der Waals surface area contributed by atoms with Crippen molar-refractivity contribution in [1.29, 1.82) is 0 Å². The van der Waals surface area contributed by atoms with E-state index in [-0.39, 0.29) is 28.8 Å². The Morgan fingerprint density at radius 1 is 1.12 bits per heavy atom. The molecule has 2 rings (SSSR count). The molecule has 2 aromatic rings. The fourth-order valence-corrected chi connectivity index (χ4v) is 2.90. The molecule has 0 bridgehead atoms. The molecule has 7 heteroatoms. The highest BCUT2D eigenvalue weighted by Gasteiger charge is 2.16. The Kier molecular flexibility index (Phi) is 6.10. The molecule has 0 saturated heterocycles. The van der Waals surface area contributed by atoms with Gasteiger partial charge in [0.25, 0.3) is 5.91 Å². The van der Waals surface area contributed by atoms with Crippen molar-refractivity contribution < 1.29 is 14.3 Å². The van der Waals surface area contributed by atoms with Crippen molar-refractivity contribution in [2.75, 3.05) is 24.7 Å². The van der Waals surface area contributed by atoms with E-state index in [1.165, 1.54) is 19.2 Å². The highest BCUT2D eigenvalue weighted by molar-refractivity contribution is 6.33. The first-order valence-corrected chi connectivity index (χ1v) is 8.39. The summed E-state index contributed by atoms with van der Waals surface area (Å²) in [6.45, 7) is 5.67. The van der Waals surface area contributed by atoms with Crippen molar-refractivity contribution in [3.05, 3.63) is 51.5 Å². The quantitative estimate of drug-likeness (QED) is 0.699. The van der Waals surface area contributed by atoms with Crippen molar-refractivity contribution >= 4 is 34.8 Å². The van der Waals surface area contributed by atoms with Gasteiger partial charge in [-0.3, -0.25) is 9.59 Å². The smallest absolute Gasteiger partial charge is 0.255 e. The van der Waals surface area contributed by atoms with Crippen LogP contribution in [0, 0.1) is 20.8 Å². The molecule has 2 amide bonds. The number of ether oxygens (including phenoxy) is 1. The van der Waals surface area contributed by atoms with Gasteiger partial charge in [0.1, 0.15) is 5.75 Å². The number of carbonyl (C=O) groups excluding carboxylic acids is 2. The molecule has 0 saturated carbocycles. The van der Waals surface area contributed by atoms with Gasteiger partial charge >= 0.3 is 0 Å². The number of rotatable bonds is 5. The summed E-state index contributed by atoms with van der Waals surface area (Å²) >= 11 is 5.96. The van der Waals surface area contributed by atoms with Gasteiger partial charge < -0.3 is 21.1 Å². The first kappa shape index (κ1) is 19.6. The van der Waals surface area contributed by atoms with Crippen LogP contribution in [0.3, 0.4) is 0 Å². The van der Waals surface area contributed by atoms with Crippen molar-refractivity contribution in [2.45, 2.75) is 20.8 Å². The van der Waals surface area contributed by atoms with Gasteiger partial charge in [-0.15, -0.1) is 0 Å². The summed E-state index contributed by atoms with van der Waals surface area (Å²) in [4.78, 5) is 24.6. The second kappa shape index (κ2) is 8.10. The van der Waals surface area contributed by atoms with E-state index in [1.54, 1.807) is 0 Å². The van der Waals surface area contributed by atoms with Crippen LogP contribution >= 0.6 is 11.6 Å². The van der Waals surface area contributed by atoms with Gasteiger partial charge in [-0.1, -0.05) is 29.3 Å². The maximum atomic E-state index is 12.4. The minimum absolute atomic E-state index is 0.184. The monoisotopic (exact) mass is 375 g/mol. The normalized spacial score (nSPS) is 10.3. The average Bonchev–Trinajstić information content (AvgIpc) is 2.57. The van der Waals surface area contributed by atoms with Crippen LogP contribution in [0.25, 0.3) is 0 Å². The van der Waals surface area contributed by atoms with E-state index in [0.29, 0.717) is 5.69 Å². The third-order valence-corrected chi connectivity index (χ3v) is 4.24. The number of nitrogen functional groups attached to an aromatic ring is 1. The van der Waals surface area contributed by atoms with Crippen LogP contribution in [0.2, 0.25) is 5.02 Å². The van der Waals surface area contributed by atoms with Gasteiger partial charge in [0, 0.05) is 11.8 Å². The fraction of sp³-hybridized carbons (Fsp3) is 0.263. The van der Waals surface area contributed by atoms with E-state index >= 15 is 0 Å². The first-order valence-electron chi connectivity index (χ1n) is 8.01. The summed E-state index contributed by atoms with van der Waals surface area (Å²) < 4.78 is 5.15. The number of nitrogens with two attached hydrogens (primary N) is 1. The Labute approximate surface area is 157 Å². The molecule has 0 unspecified atom stereocenters. The van der Waals surface area contributed by atoms with Gasteiger partial charge in [-0.05, 0) is 38.0 Å². The summed E-state index contributed by atoms with van der Waals surface area (Å²) in [5, 5.41) is 5.63. The molecule has 2 aromatic carbocycles. The molecule has 4 N–H and O–H groups in total. The molecule has 0 heterocycles. The number of halogens is 1. The van der Waals surface area contributed by atoms with E-state index in [9.17, 15) is 9.59 Å². The minimum Gasteiger partial charge on any atom is -0.496 e. The van der Waals surface area contributed by atoms with Crippen molar-refractivity contribution in [2.24, 2.45) is 0 Å². The molecule has 138 valence electrons. The molecule has 0 fully saturated rings. The number of amides is 2. The molecule has 0 aliphatic carbocycles. The van der Waals surface area contributed by atoms with E-state index < -0.39 is 5.91 Å². The SMILES string of the molecule is COc1cc(N)c(Cl)cc1C(=O)NCC(=O)Nc1c(C)cc(C)cc1C. The molecule has 0 aliphatic rings. The first-order chi connectivity index (χ1) is 12.2. The highest BCUT2D eigenvalue weighted by atomic mass is 35.5. The maximum absolute atomic E-state index is 12.4. The highest BCUT2D eigenvalue weighted by Crippen LogP contribution is 2.28. The average molecular weight is 376 g/mol. The Bertz CT molecular complexity index is 842. The molecular weight excluding hydrogens is 354 g/mol. The van der Waals surface area contributed by atoms with E-state index in [4.69, 9.17) is 22.1 Å². The molecular formula is C19H22ClN3O3. The molecule has 26 heavy (non-hydrogen) atoms. The Balaban J connectivity index is 2.06. The Morgan fingerprint density at radius 3 is 2.31 bits per heavy atom. The predicted molar refractivity (Wildman–Crippen MR) is 104 cm³/mol. The van der Waals surface area contributed by atoms with Crippen LogP contribution in [0.4, 0.5) is 11.4 Å². The van der Waals surface area contributed by atoms with Crippen LogP contribution in [0.5, 0.6) is 5.75 Å². The standard InChI is InChI=1S/C19H22ClN3O3/c1-10-5-11(2)18(12(3)6-10)23-17(24)9-22-19(25)13-7-14(20)15(21)8-16(13)26-4/h5-8H,9,21H2,1-4H3,(H,22,25)(H,23,24). The number of hydrogen-bond donors (Lipinski definition) is 3. The van der Waals surface area contributed by atoms with Gasteiger partial charge in [0.05, 0.1) is 29.9 Å². The van der Waals surface area contributed by atoms with Crippen LogP contribution in [-0.4, -0.2) is 25.5 Å². The summed E-state index contributed by atoms with van der Waals surface area (Å²) in [6.07, 6.45) is 0. The third-order valence-electron chi connectivity index (χ3n) is 3.91. The molecule has 0 spiro atoms. The van der Waals surface area contributed by atoms with Crippen molar-refractivity contribution in [3.63, 3.8) is 0 Å². The van der Waals surface area contributed by atoms with E-state index in [0.717, 1.165) is 22.4 Å². The van der Waals surface area contributed by atoms with Crippen LogP contribution in [0.15, 0.2) is 24.3 Å². The summed E-state index contributed by atoms with van der Waals surface area (Å²) in [5.41, 5.74) is 10.0. The molecule has 0 radical (unpaired) electrons. The zero-order valence-electron chi connectivity index (χ0n) is 15.2.